The third-order valence-electron chi connectivity index (χ3n) is 7.89. The van der Waals surface area contributed by atoms with Crippen molar-refractivity contribution in [2.75, 3.05) is 0 Å². The summed E-state index contributed by atoms with van der Waals surface area (Å²) in [6, 6.07) is 43.4. The van der Waals surface area contributed by atoms with Crippen molar-refractivity contribution in [2.24, 2.45) is 0 Å². The number of benzene rings is 5. The molecule has 5 aromatic carbocycles. The second kappa shape index (κ2) is 8.96. The molecule has 0 aromatic heterocycles. The molecule has 1 heterocycles. The van der Waals surface area contributed by atoms with E-state index in [0.717, 1.165) is 10.6 Å². The van der Waals surface area contributed by atoms with Gasteiger partial charge < -0.3 is 0 Å². The summed E-state index contributed by atoms with van der Waals surface area (Å²) in [5, 5.41) is 5.80. The van der Waals surface area contributed by atoms with Gasteiger partial charge in [0.1, 0.15) is 0 Å². The van der Waals surface area contributed by atoms with E-state index in [1.807, 2.05) is 12.1 Å². The first kappa shape index (κ1) is 24.1. The molecule has 6 rings (SSSR count). The van der Waals surface area contributed by atoms with E-state index in [2.05, 4.69) is 130 Å². The van der Waals surface area contributed by atoms with E-state index in [-0.39, 0.29) is 6.10 Å². The third kappa shape index (κ3) is 3.32. The fourth-order valence-corrected chi connectivity index (χ4v) is 13.6. The Morgan fingerprint density at radius 1 is 0.514 bits per heavy atom. The Hall–Kier alpha value is -3.22. The normalized spacial score (nSPS) is 18.5. The topological polar surface area (TPSA) is 9.23 Å². The first-order valence-corrected chi connectivity index (χ1v) is 15.2. The van der Waals surface area contributed by atoms with Crippen molar-refractivity contribution in [3.63, 3.8) is 0 Å². The fourth-order valence-electron chi connectivity index (χ4n) is 6.38. The van der Waals surface area contributed by atoms with Crippen molar-refractivity contribution in [2.45, 2.75) is 26.9 Å². The van der Waals surface area contributed by atoms with Crippen LogP contribution >= 0.6 is 18.4 Å². The molecule has 0 saturated heterocycles. The monoisotopic (exact) mass is 520 g/mol. The molecule has 5 aromatic rings. The van der Waals surface area contributed by atoms with Gasteiger partial charge in [0, 0.05) is 0 Å². The van der Waals surface area contributed by atoms with Gasteiger partial charge in [-0.15, -0.1) is 0 Å². The van der Waals surface area contributed by atoms with E-state index < -0.39 is 6.83 Å². The number of fused-ring (bicyclic) bond motifs is 1. The van der Waals surface area contributed by atoms with E-state index in [4.69, 9.17) is 16.1 Å². The van der Waals surface area contributed by atoms with Crippen LogP contribution in [0.15, 0.2) is 121 Å². The molecule has 0 spiro atoms. The number of halogens is 1. The second-order valence-corrected chi connectivity index (χ2v) is 14.6. The van der Waals surface area contributed by atoms with Crippen LogP contribution < -0.4 is 21.2 Å². The standard InChI is InChI=1S/C34H30ClOP/c1-24-12-4-8-16-30(24)37(31-17-9-5-13-25(31)2,32-18-10-6-14-26(32)3)33-19-11-7-15-29(33)34(36-37)27-20-22-28(35)23-21-27/h4-23,34H,1-3H3/t34-/m0/s1. The molecule has 37 heavy (non-hydrogen) atoms. The van der Waals surface area contributed by atoms with E-state index in [9.17, 15) is 0 Å². The van der Waals surface area contributed by atoms with E-state index in [0.29, 0.717) is 0 Å². The van der Waals surface area contributed by atoms with Crippen LogP contribution in [0.5, 0.6) is 0 Å². The van der Waals surface area contributed by atoms with E-state index in [1.54, 1.807) is 0 Å². The zero-order valence-corrected chi connectivity index (χ0v) is 23.0. The van der Waals surface area contributed by atoms with Crippen LogP contribution in [0.1, 0.15) is 33.9 Å². The molecular weight excluding hydrogens is 491 g/mol. The van der Waals surface area contributed by atoms with Gasteiger partial charge in [0.15, 0.2) is 0 Å². The molecule has 3 heteroatoms. The molecule has 184 valence electrons. The van der Waals surface area contributed by atoms with E-state index in [1.165, 1.54) is 43.5 Å². The summed E-state index contributed by atoms with van der Waals surface area (Å²) in [5.41, 5.74) is 6.03. The van der Waals surface area contributed by atoms with Crippen LogP contribution in [-0.4, -0.2) is 0 Å². The second-order valence-electron chi connectivity index (χ2n) is 9.99. The van der Waals surface area contributed by atoms with Gasteiger partial charge in [-0.1, -0.05) is 0 Å². The Balaban J connectivity index is 1.88. The average molecular weight is 521 g/mol. The van der Waals surface area contributed by atoms with Gasteiger partial charge in [-0.25, -0.2) is 0 Å². The Bertz CT molecular complexity index is 1510. The minimum atomic E-state index is -3.70. The maximum absolute atomic E-state index is 7.92. The van der Waals surface area contributed by atoms with Gasteiger partial charge in [-0.05, 0) is 0 Å². The fraction of sp³-hybridized carbons (Fsp3) is 0.118. The zero-order valence-electron chi connectivity index (χ0n) is 21.4. The van der Waals surface area contributed by atoms with E-state index >= 15 is 0 Å². The molecule has 1 aliphatic rings. The van der Waals surface area contributed by atoms with Crippen LogP contribution in [0.3, 0.4) is 0 Å². The molecular formula is C34H30ClOP. The summed E-state index contributed by atoms with van der Waals surface area (Å²) in [6.07, 6.45) is -0.232. The molecule has 0 saturated carbocycles. The van der Waals surface area contributed by atoms with Crippen LogP contribution in [-0.2, 0) is 4.52 Å². The molecule has 1 nitrogen and oxygen atoms in total. The summed E-state index contributed by atoms with van der Waals surface area (Å²) in [7, 11) is 0. The SMILES string of the molecule is Cc1ccccc1P1(c2ccccc2C)(c2ccccc2C)O[C@@H](c2ccc(Cl)cc2)c2ccccc21. The van der Waals surface area contributed by atoms with Gasteiger partial charge in [-0.3, -0.25) is 0 Å². The minimum absolute atomic E-state index is 0.232. The summed E-state index contributed by atoms with van der Waals surface area (Å²) < 4.78 is 7.92. The Labute approximate surface area is 224 Å². The summed E-state index contributed by atoms with van der Waals surface area (Å²) in [6.45, 7) is 2.98. The molecule has 0 radical (unpaired) electrons. The zero-order chi connectivity index (χ0) is 25.6. The molecule has 0 bridgehead atoms. The predicted octanol–water partition coefficient (Wildman–Crippen LogP) is 7.45. The average Bonchev–Trinajstić information content (AvgIpc) is 3.23. The summed E-state index contributed by atoms with van der Waals surface area (Å²) in [5.74, 6) is 0. The van der Waals surface area contributed by atoms with Crippen molar-refractivity contribution in [3.05, 3.63) is 154 Å². The Morgan fingerprint density at radius 2 is 0.919 bits per heavy atom. The Morgan fingerprint density at radius 3 is 1.38 bits per heavy atom. The van der Waals surface area contributed by atoms with Gasteiger partial charge >= 0.3 is 225 Å². The number of rotatable bonds is 4. The number of aryl methyl sites for hydroxylation is 3. The van der Waals surface area contributed by atoms with Gasteiger partial charge in [0.2, 0.25) is 0 Å². The first-order valence-electron chi connectivity index (χ1n) is 12.7. The van der Waals surface area contributed by atoms with Gasteiger partial charge in [0.25, 0.3) is 0 Å². The van der Waals surface area contributed by atoms with Crippen LogP contribution in [0.4, 0.5) is 0 Å². The van der Waals surface area contributed by atoms with Crippen molar-refractivity contribution in [1.29, 1.82) is 0 Å². The van der Waals surface area contributed by atoms with Crippen molar-refractivity contribution in [1.82, 2.24) is 0 Å². The Kier molecular flexibility index (Phi) is 5.85. The maximum atomic E-state index is 7.92. The summed E-state index contributed by atoms with van der Waals surface area (Å²) in [4.78, 5) is 0. The van der Waals surface area contributed by atoms with Crippen LogP contribution in [0, 0.1) is 20.8 Å². The quantitative estimate of drug-likeness (QED) is 0.223. The number of hydrogen-bond donors (Lipinski definition) is 0. The predicted molar refractivity (Wildman–Crippen MR) is 160 cm³/mol. The summed E-state index contributed by atoms with van der Waals surface area (Å²) >= 11 is 6.32. The first-order chi connectivity index (χ1) is 18.0. The third-order valence-corrected chi connectivity index (χ3v) is 14.4. The van der Waals surface area contributed by atoms with Crippen LogP contribution in [0.2, 0.25) is 5.02 Å². The molecule has 0 aliphatic carbocycles. The molecule has 1 atom stereocenters. The van der Waals surface area contributed by atoms with Crippen molar-refractivity contribution in [3.8, 4) is 0 Å². The molecule has 1 aliphatic heterocycles. The number of hydrogen-bond acceptors (Lipinski definition) is 1. The molecule has 0 fully saturated rings. The molecule has 0 N–H and O–H groups in total. The van der Waals surface area contributed by atoms with Crippen molar-refractivity contribution < 1.29 is 4.52 Å². The van der Waals surface area contributed by atoms with Gasteiger partial charge in [-0.2, -0.15) is 0 Å². The molecule has 0 amide bonds. The van der Waals surface area contributed by atoms with Gasteiger partial charge in [0.05, 0.1) is 0 Å². The van der Waals surface area contributed by atoms with Crippen LogP contribution in [0.25, 0.3) is 0 Å². The molecule has 0 unspecified atom stereocenters. The van der Waals surface area contributed by atoms with Crippen molar-refractivity contribution >= 4 is 39.6 Å².